The molecule has 0 bridgehead atoms. The van der Waals surface area contributed by atoms with Crippen molar-refractivity contribution in [1.29, 1.82) is 0 Å². The van der Waals surface area contributed by atoms with E-state index in [1.165, 1.54) is 0 Å². The highest BCUT2D eigenvalue weighted by Crippen LogP contribution is 2.39. The molecule has 7 heteroatoms. The van der Waals surface area contributed by atoms with Crippen molar-refractivity contribution in [3.05, 3.63) is 40.7 Å². The molecule has 1 aliphatic rings. The molecule has 1 atom stereocenters. The quantitative estimate of drug-likeness (QED) is 0.854. The maximum absolute atomic E-state index is 12.8. The maximum Gasteiger partial charge on any atom is 0.245 e. The van der Waals surface area contributed by atoms with E-state index >= 15 is 0 Å². The number of rotatable bonds is 5. The van der Waals surface area contributed by atoms with Gasteiger partial charge in [0.25, 0.3) is 0 Å². The van der Waals surface area contributed by atoms with Crippen LogP contribution in [0.4, 0.5) is 0 Å². The van der Waals surface area contributed by atoms with Crippen LogP contribution in [-0.4, -0.2) is 28.0 Å². The molecule has 128 valence electrons. The summed E-state index contributed by atoms with van der Waals surface area (Å²) >= 11 is 0. The van der Waals surface area contributed by atoms with Crippen LogP contribution in [0.25, 0.3) is 0 Å². The van der Waals surface area contributed by atoms with Gasteiger partial charge in [-0.2, -0.15) is 15.0 Å². The first kappa shape index (κ1) is 16.4. The number of fused-ring (bicyclic) bond motifs is 1. The minimum absolute atomic E-state index is 0.194. The topological polar surface area (TPSA) is 95.1 Å². The molecule has 1 aromatic carbocycles. The number of aromatic nitrogens is 3. The number of nitrogens with two attached hydrogens (primary N) is 1. The summed E-state index contributed by atoms with van der Waals surface area (Å²) in [5, 5.41) is 11.6. The summed E-state index contributed by atoms with van der Waals surface area (Å²) < 4.78 is 5.38. The number of carbonyl (C=O) groups excluding carboxylic acids is 1. The molecular formula is C17H23N5O2. The number of ether oxygens (including phenoxy) is 1. The Balaban J connectivity index is 1.78. The first-order chi connectivity index (χ1) is 11.5. The lowest BCUT2D eigenvalue weighted by Crippen LogP contribution is -2.49. The Bertz CT molecular complexity index is 770. The zero-order valence-electron chi connectivity index (χ0n) is 14.3. The van der Waals surface area contributed by atoms with E-state index in [9.17, 15) is 4.79 Å². The molecule has 0 fully saturated rings. The van der Waals surface area contributed by atoms with E-state index in [2.05, 4.69) is 15.5 Å². The molecule has 0 aliphatic heterocycles. The molecule has 24 heavy (non-hydrogen) atoms. The van der Waals surface area contributed by atoms with Crippen LogP contribution in [0.1, 0.15) is 35.9 Å². The Morgan fingerprint density at radius 1 is 1.46 bits per heavy atom. The lowest BCUT2D eigenvalue weighted by molar-refractivity contribution is -0.126. The van der Waals surface area contributed by atoms with Gasteiger partial charge in [-0.25, -0.2) is 0 Å². The third-order valence-electron chi connectivity index (χ3n) is 4.63. The molecule has 1 amide bonds. The van der Waals surface area contributed by atoms with Gasteiger partial charge >= 0.3 is 0 Å². The number of benzene rings is 1. The van der Waals surface area contributed by atoms with Gasteiger partial charge in [0, 0.05) is 0 Å². The van der Waals surface area contributed by atoms with Crippen molar-refractivity contribution in [3.8, 4) is 5.75 Å². The second-order valence-corrected chi connectivity index (χ2v) is 6.06. The van der Waals surface area contributed by atoms with E-state index in [4.69, 9.17) is 10.5 Å². The van der Waals surface area contributed by atoms with Crippen LogP contribution in [-0.2, 0) is 29.8 Å². The van der Waals surface area contributed by atoms with E-state index < -0.39 is 5.54 Å². The lowest BCUT2D eigenvalue weighted by atomic mass is 9.92. The summed E-state index contributed by atoms with van der Waals surface area (Å²) in [5.41, 5.74) is 8.87. The van der Waals surface area contributed by atoms with Gasteiger partial charge in [-0.3, -0.25) is 4.79 Å². The predicted octanol–water partition coefficient (Wildman–Crippen LogP) is 1.03. The van der Waals surface area contributed by atoms with E-state index in [-0.39, 0.29) is 5.91 Å². The number of nitrogens with zero attached hydrogens (tertiary/aromatic N) is 3. The second kappa shape index (κ2) is 6.24. The van der Waals surface area contributed by atoms with Gasteiger partial charge in [-0.15, -0.1) is 0 Å². The summed E-state index contributed by atoms with van der Waals surface area (Å²) in [4.78, 5) is 14.4. The Kier molecular flexibility index (Phi) is 4.28. The van der Waals surface area contributed by atoms with Crippen LogP contribution in [0.5, 0.6) is 5.75 Å². The van der Waals surface area contributed by atoms with Crippen molar-refractivity contribution >= 4 is 5.91 Å². The van der Waals surface area contributed by atoms with Crippen molar-refractivity contribution in [1.82, 2.24) is 20.3 Å². The smallest absolute Gasteiger partial charge is 0.245 e. The first-order valence-corrected chi connectivity index (χ1v) is 8.13. The number of carbonyl (C=O) groups is 1. The van der Waals surface area contributed by atoms with E-state index in [1.807, 2.05) is 32.0 Å². The van der Waals surface area contributed by atoms with E-state index in [1.54, 1.807) is 11.9 Å². The van der Waals surface area contributed by atoms with Crippen LogP contribution < -0.4 is 15.8 Å². The second-order valence-electron chi connectivity index (χ2n) is 6.06. The fourth-order valence-corrected chi connectivity index (χ4v) is 3.22. The SMILES string of the molecule is CCn1nc(C)c(CNC(=O)C2(N)CCc3c(OC)cccc32)n1. The fraction of sp³-hybridized carbons (Fsp3) is 0.471. The zero-order chi connectivity index (χ0) is 17.3. The molecule has 0 radical (unpaired) electrons. The third-order valence-corrected chi connectivity index (χ3v) is 4.63. The minimum atomic E-state index is -1.03. The van der Waals surface area contributed by atoms with Gasteiger partial charge in [-0.1, -0.05) is 12.1 Å². The Labute approximate surface area is 141 Å². The highest BCUT2D eigenvalue weighted by molar-refractivity contribution is 5.89. The van der Waals surface area contributed by atoms with Gasteiger partial charge in [0.2, 0.25) is 5.91 Å². The molecule has 0 saturated carbocycles. The normalized spacial score (nSPS) is 19.2. The number of amides is 1. The Morgan fingerprint density at radius 2 is 2.25 bits per heavy atom. The lowest BCUT2D eigenvalue weighted by Gasteiger charge is -2.24. The predicted molar refractivity (Wildman–Crippen MR) is 89.5 cm³/mol. The van der Waals surface area contributed by atoms with Crippen molar-refractivity contribution in [2.75, 3.05) is 7.11 Å². The monoisotopic (exact) mass is 329 g/mol. The molecule has 1 unspecified atom stereocenters. The van der Waals surface area contributed by atoms with Gasteiger partial charge < -0.3 is 15.8 Å². The van der Waals surface area contributed by atoms with Gasteiger partial charge in [0.1, 0.15) is 17.0 Å². The molecule has 1 aliphatic carbocycles. The number of hydrogen-bond donors (Lipinski definition) is 2. The van der Waals surface area contributed by atoms with Crippen LogP contribution in [0.2, 0.25) is 0 Å². The third kappa shape index (κ3) is 2.65. The highest BCUT2D eigenvalue weighted by atomic mass is 16.5. The van der Waals surface area contributed by atoms with Gasteiger partial charge in [0.05, 0.1) is 25.9 Å². The van der Waals surface area contributed by atoms with Crippen LogP contribution >= 0.6 is 0 Å². The van der Waals surface area contributed by atoms with Crippen LogP contribution in [0.3, 0.4) is 0 Å². The van der Waals surface area contributed by atoms with Crippen molar-refractivity contribution < 1.29 is 9.53 Å². The van der Waals surface area contributed by atoms with E-state index in [0.717, 1.165) is 34.7 Å². The van der Waals surface area contributed by atoms with Crippen LogP contribution in [0.15, 0.2) is 18.2 Å². The van der Waals surface area contributed by atoms with Crippen LogP contribution in [0, 0.1) is 6.92 Å². The van der Waals surface area contributed by atoms with Gasteiger partial charge in [0.15, 0.2) is 0 Å². The fourth-order valence-electron chi connectivity index (χ4n) is 3.22. The average molecular weight is 329 g/mol. The largest absolute Gasteiger partial charge is 0.496 e. The molecule has 0 spiro atoms. The van der Waals surface area contributed by atoms with Gasteiger partial charge in [-0.05, 0) is 43.9 Å². The minimum Gasteiger partial charge on any atom is -0.496 e. The molecule has 1 aromatic heterocycles. The Morgan fingerprint density at radius 3 is 2.92 bits per heavy atom. The molecule has 3 rings (SSSR count). The summed E-state index contributed by atoms with van der Waals surface area (Å²) in [5.74, 6) is 0.592. The van der Waals surface area contributed by atoms with Crippen molar-refractivity contribution in [2.45, 2.75) is 45.3 Å². The number of aryl methyl sites for hydroxylation is 2. The van der Waals surface area contributed by atoms with Crippen molar-refractivity contribution in [3.63, 3.8) is 0 Å². The molecule has 3 N–H and O–H groups in total. The highest BCUT2D eigenvalue weighted by Gasteiger charge is 2.42. The summed E-state index contributed by atoms with van der Waals surface area (Å²) in [6, 6.07) is 5.67. The number of hydrogen-bond acceptors (Lipinski definition) is 5. The maximum atomic E-state index is 12.8. The molecule has 7 nitrogen and oxygen atoms in total. The van der Waals surface area contributed by atoms with E-state index in [0.29, 0.717) is 19.5 Å². The average Bonchev–Trinajstić information content (AvgIpc) is 3.13. The molecule has 2 aromatic rings. The number of nitrogens with one attached hydrogen (secondary N) is 1. The summed E-state index contributed by atoms with van der Waals surface area (Å²) in [6.45, 7) is 4.87. The number of methoxy groups -OCH3 is 1. The first-order valence-electron chi connectivity index (χ1n) is 8.13. The van der Waals surface area contributed by atoms with Crippen molar-refractivity contribution in [2.24, 2.45) is 5.73 Å². The Hall–Kier alpha value is -2.41. The molecule has 1 heterocycles. The standard InChI is InChI=1S/C17H23N5O2/c1-4-22-20-11(2)14(21-22)10-19-16(23)17(18)9-8-12-13(17)6-5-7-15(12)24-3/h5-7H,4,8-10,18H2,1-3H3,(H,19,23). The summed E-state index contributed by atoms with van der Waals surface area (Å²) in [6.07, 6.45) is 1.30. The molecular weight excluding hydrogens is 306 g/mol. The summed E-state index contributed by atoms with van der Waals surface area (Å²) in [7, 11) is 1.63. The molecule has 0 saturated heterocycles. The zero-order valence-corrected chi connectivity index (χ0v) is 14.3.